The van der Waals surface area contributed by atoms with E-state index >= 15 is 0 Å². The van der Waals surface area contributed by atoms with Crippen LogP contribution >= 0.6 is 0 Å². The number of carbonyl (C=O) groups is 4. The van der Waals surface area contributed by atoms with Crippen molar-refractivity contribution < 1.29 is 23.6 Å². The van der Waals surface area contributed by atoms with E-state index in [4.69, 9.17) is 0 Å². The van der Waals surface area contributed by atoms with E-state index in [0.717, 1.165) is 30.4 Å². The van der Waals surface area contributed by atoms with Crippen molar-refractivity contribution in [3.05, 3.63) is 29.1 Å². The highest BCUT2D eigenvalue weighted by molar-refractivity contribution is 6.23. The second-order valence-corrected chi connectivity index (χ2v) is 7.62. The number of piperidine rings is 2. The van der Waals surface area contributed by atoms with Crippen molar-refractivity contribution in [3.8, 4) is 0 Å². The molecule has 9 heteroatoms. The van der Waals surface area contributed by atoms with Gasteiger partial charge in [0, 0.05) is 25.6 Å². The van der Waals surface area contributed by atoms with Crippen molar-refractivity contribution in [2.75, 3.05) is 24.5 Å². The molecular formula is C20H23FN4O4. The average molecular weight is 402 g/mol. The second kappa shape index (κ2) is 7.55. The molecule has 0 spiro atoms. The number of nitrogens with one attached hydrogen (secondary N) is 2. The van der Waals surface area contributed by atoms with Crippen LogP contribution in [0.3, 0.4) is 0 Å². The van der Waals surface area contributed by atoms with Gasteiger partial charge in [0.05, 0.1) is 16.8 Å². The van der Waals surface area contributed by atoms with Crippen LogP contribution in [0.2, 0.25) is 0 Å². The highest BCUT2D eigenvalue weighted by Crippen LogP contribution is 2.33. The fourth-order valence-corrected chi connectivity index (χ4v) is 4.33. The van der Waals surface area contributed by atoms with Crippen LogP contribution < -0.4 is 15.5 Å². The molecule has 0 bridgehead atoms. The lowest BCUT2D eigenvalue weighted by Crippen LogP contribution is -2.54. The summed E-state index contributed by atoms with van der Waals surface area (Å²) in [6.07, 6.45) is 1.84. The highest BCUT2D eigenvalue weighted by atomic mass is 19.1. The SMILES string of the molecule is CCNC1CCN(c2cc3c(cc2F)C(=O)N(C2CCC(=O)NC2=O)C3=O)CC1. The number of amides is 4. The van der Waals surface area contributed by atoms with Gasteiger partial charge in [-0.1, -0.05) is 6.92 Å². The third kappa shape index (κ3) is 3.39. The zero-order valence-electron chi connectivity index (χ0n) is 16.2. The molecule has 2 fully saturated rings. The predicted molar refractivity (Wildman–Crippen MR) is 102 cm³/mol. The lowest BCUT2D eigenvalue weighted by molar-refractivity contribution is -0.136. The number of imide groups is 2. The zero-order valence-corrected chi connectivity index (χ0v) is 16.2. The zero-order chi connectivity index (χ0) is 20.7. The van der Waals surface area contributed by atoms with Gasteiger partial charge < -0.3 is 10.2 Å². The summed E-state index contributed by atoms with van der Waals surface area (Å²) < 4.78 is 14.8. The average Bonchev–Trinajstić information content (AvgIpc) is 2.92. The smallest absolute Gasteiger partial charge is 0.262 e. The van der Waals surface area contributed by atoms with Crippen molar-refractivity contribution in [1.82, 2.24) is 15.5 Å². The molecular weight excluding hydrogens is 379 g/mol. The minimum atomic E-state index is -1.05. The number of halogens is 1. The van der Waals surface area contributed by atoms with Crippen molar-refractivity contribution in [1.29, 1.82) is 0 Å². The molecule has 2 N–H and O–H groups in total. The first-order valence-electron chi connectivity index (χ1n) is 9.94. The topological polar surface area (TPSA) is 98.8 Å². The molecule has 0 saturated carbocycles. The van der Waals surface area contributed by atoms with E-state index < -0.39 is 35.5 Å². The standard InChI is InChI=1S/C20H23FN4O4/c1-2-22-11-5-7-24(8-6-11)16-10-13-12(9-14(16)21)19(28)25(20(13)29)15-3-4-17(26)23-18(15)27/h9-11,15,22H,2-8H2,1H3,(H,23,26,27). The Hall–Kier alpha value is -2.81. The maximum absolute atomic E-state index is 14.8. The van der Waals surface area contributed by atoms with Crippen molar-refractivity contribution in [3.63, 3.8) is 0 Å². The predicted octanol–water partition coefficient (Wildman–Crippen LogP) is 0.805. The minimum absolute atomic E-state index is 0.0384. The Bertz CT molecular complexity index is 895. The molecule has 2 saturated heterocycles. The second-order valence-electron chi connectivity index (χ2n) is 7.62. The van der Waals surface area contributed by atoms with Crippen LogP contribution in [-0.4, -0.2) is 60.2 Å². The van der Waals surface area contributed by atoms with Crippen molar-refractivity contribution >= 4 is 29.3 Å². The van der Waals surface area contributed by atoms with E-state index in [0.29, 0.717) is 24.8 Å². The summed E-state index contributed by atoms with van der Waals surface area (Å²) >= 11 is 0. The van der Waals surface area contributed by atoms with Crippen LogP contribution in [0.4, 0.5) is 10.1 Å². The summed E-state index contributed by atoms with van der Waals surface area (Å²) in [5.74, 6) is -2.99. The number of rotatable bonds is 4. The number of nitrogens with zero attached hydrogens (tertiary/aromatic N) is 2. The van der Waals surface area contributed by atoms with Crippen LogP contribution in [0, 0.1) is 5.82 Å². The van der Waals surface area contributed by atoms with Gasteiger partial charge in [-0.3, -0.25) is 29.4 Å². The Morgan fingerprint density at radius 3 is 2.34 bits per heavy atom. The quantitative estimate of drug-likeness (QED) is 0.723. The molecule has 29 heavy (non-hydrogen) atoms. The first-order chi connectivity index (χ1) is 13.9. The molecule has 0 aliphatic carbocycles. The molecule has 1 aromatic rings. The summed E-state index contributed by atoms with van der Waals surface area (Å²) in [5, 5.41) is 5.54. The van der Waals surface area contributed by atoms with Gasteiger partial charge in [-0.15, -0.1) is 0 Å². The number of benzene rings is 1. The Kier molecular flexibility index (Phi) is 5.08. The van der Waals surface area contributed by atoms with Gasteiger partial charge in [0.15, 0.2) is 0 Å². The molecule has 4 amide bonds. The summed E-state index contributed by atoms with van der Waals surface area (Å²) in [5.41, 5.74) is 0.360. The third-order valence-corrected chi connectivity index (χ3v) is 5.84. The molecule has 8 nitrogen and oxygen atoms in total. The van der Waals surface area contributed by atoms with Gasteiger partial charge in [0.25, 0.3) is 11.8 Å². The number of fused-ring (bicyclic) bond motifs is 1. The van der Waals surface area contributed by atoms with Crippen LogP contribution in [-0.2, 0) is 9.59 Å². The number of hydrogen-bond donors (Lipinski definition) is 2. The van der Waals surface area contributed by atoms with Gasteiger partial charge in [-0.25, -0.2) is 4.39 Å². The van der Waals surface area contributed by atoms with Crippen molar-refractivity contribution in [2.24, 2.45) is 0 Å². The minimum Gasteiger partial charge on any atom is -0.369 e. The van der Waals surface area contributed by atoms with E-state index in [1.165, 1.54) is 6.07 Å². The molecule has 4 rings (SSSR count). The third-order valence-electron chi connectivity index (χ3n) is 5.84. The summed E-state index contributed by atoms with van der Waals surface area (Å²) in [6.45, 7) is 4.22. The summed E-state index contributed by atoms with van der Waals surface area (Å²) in [7, 11) is 0. The van der Waals surface area contributed by atoms with Gasteiger partial charge in [0.2, 0.25) is 11.8 Å². The Morgan fingerprint density at radius 2 is 1.72 bits per heavy atom. The van der Waals surface area contributed by atoms with E-state index in [2.05, 4.69) is 10.6 Å². The molecule has 154 valence electrons. The molecule has 3 aliphatic rings. The Balaban J connectivity index is 1.58. The van der Waals surface area contributed by atoms with Crippen LogP contribution in [0.5, 0.6) is 0 Å². The monoisotopic (exact) mass is 402 g/mol. The lowest BCUT2D eigenvalue weighted by Gasteiger charge is -2.34. The van der Waals surface area contributed by atoms with E-state index in [1.54, 1.807) is 0 Å². The number of hydrogen-bond acceptors (Lipinski definition) is 6. The maximum Gasteiger partial charge on any atom is 0.262 e. The van der Waals surface area contributed by atoms with Crippen LogP contribution in [0.15, 0.2) is 12.1 Å². The number of anilines is 1. The Labute approximate surface area is 167 Å². The molecule has 3 heterocycles. The lowest BCUT2D eigenvalue weighted by atomic mass is 10.0. The van der Waals surface area contributed by atoms with Gasteiger partial charge in [-0.2, -0.15) is 0 Å². The normalized spacial score (nSPS) is 22.9. The van der Waals surface area contributed by atoms with E-state index in [1.807, 2.05) is 11.8 Å². The molecule has 1 unspecified atom stereocenters. The fraction of sp³-hybridized carbons (Fsp3) is 0.500. The van der Waals surface area contributed by atoms with Gasteiger partial charge in [0.1, 0.15) is 11.9 Å². The fourth-order valence-electron chi connectivity index (χ4n) is 4.33. The molecule has 1 atom stereocenters. The first-order valence-corrected chi connectivity index (χ1v) is 9.94. The van der Waals surface area contributed by atoms with Crippen LogP contribution in [0.25, 0.3) is 0 Å². The molecule has 0 aromatic heterocycles. The summed E-state index contributed by atoms with van der Waals surface area (Å²) in [6, 6.07) is 1.85. The summed E-state index contributed by atoms with van der Waals surface area (Å²) in [4.78, 5) is 51.9. The van der Waals surface area contributed by atoms with E-state index in [9.17, 15) is 23.6 Å². The molecule has 1 aromatic carbocycles. The maximum atomic E-state index is 14.8. The molecule has 0 radical (unpaired) electrons. The Morgan fingerprint density at radius 1 is 1.07 bits per heavy atom. The van der Waals surface area contributed by atoms with Crippen molar-refractivity contribution in [2.45, 2.75) is 44.7 Å². The van der Waals surface area contributed by atoms with Gasteiger partial charge in [-0.05, 0) is 37.9 Å². The van der Waals surface area contributed by atoms with E-state index in [-0.39, 0.29) is 24.0 Å². The van der Waals surface area contributed by atoms with Gasteiger partial charge >= 0.3 is 0 Å². The number of carbonyl (C=O) groups excluding carboxylic acids is 4. The first kappa shape index (κ1) is 19.5. The largest absolute Gasteiger partial charge is 0.369 e. The highest BCUT2D eigenvalue weighted by Gasteiger charge is 2.45. The van der Waals surface area contributed by atoms with Crippen LogP contribution in [0.1, 0.15) is 53.3 Å². The molecule has 3 aliphatic heterocycles.